The maximum absolute atomic E-state index is 11.6. The molecule has 0 bridgehead atoms. The predicted molar refractivity (Wildman–Crippen MR) is 110 cm³/mol. The lowest BCUT2D eigenvalue weighted by Crippen LogP contribution is -2.27. The van der Waals surface area contributed by atoms with E-state index in [2.05, 4.69) is 5.32 Å². The lowest BCUT2D eigenvalue weighted by molar-refractivity contribution is -0.383. The zero-order valence-electron chi connectivity index (χ0n) is 15.0. The minimum Gasteiger partial charge on any atom is -0.368 e. The lowest BCUT2D eigenvalue weighted by Gasteiger charge is -2.20. The van der Waals surface area contributed by atoms with Crippen LogP contribution in [0, 0.1) is 10.1 Å². The predicted octanol–water partition coefficient (Wildman–Crippen LogP) is 2.83. The Labute approximate surface area is 167 Å². The molecule has 0 saturated carbocycles. The van der Waals surface area contributed by atoms with Gasteiger partial charge < -0.3 is 10.2 Å². The number of rotatable bonds is 10. The van der Waals surface area contributed by atoms with E-state index in [4.69, 9.17) is 5.14 Å². The molecule has 0 fully saturated rings. The van der Waals surface area contributed by atoms with Crippen molar-refractivity contribution < 1.29 is 13.3 Å². The van der Waals surface area contributed by atoms with Gasteiger partial charge in [0.1, 0.15) is 4.21 Å². The Morgan fingerprint density at radius 1 is 1.33 bits per heavy atom. The first-order valence-electron chi connectivity index (χ1n) is 8.07. The van der Waals surface area contributed by atoms with Crippen LogP contribution in [0.1, 0.15) is 6.42 Å². The smallest absolute Gasteiger partial charge is 0.304 e. The Hall–Kier alpha value is -1.66. The van der Waals surface area contributed by atoms with Gasteiger partial charge in [-0.2, -0.15) is 0 Å². The summed E-state index contributed by atoms with van der Waals surface area (Å²) >= 11 is 2.43. The summed E-state index contributed by atoms with van der Waals surface area (Å²) in [6.07, 6.45) is 0.743. The van der Waals surface area contributed by atoms with Crippen LogP contribution in [0.25, 0.3) is 0 Å². The molecule has 3 N–H and O–H groups in total. The van der Waals surface area contributed by atoms with E-state index >= 15 is 0 Å². The van der Waals surface area contributed by atoms with E-state index in [0.717, 1.165) is 35.3 Å². The van der Waals surface area contributed by atoms with Crippen molar-refractivity contribution in [3.8, 4) is 0 Å². The minimum atomic E-state index is -3.99. The summed E-state index contributed by atoms with van der Waals surface area (Å²) < 4.78 is 22.9. The molecule has 0 amide bonds. The fourth-order valence-electron chi connectivity index (χ4n) is 2.25. The molecule has 11 heteroatoms. The summed E-state index contributed by atoms with van der Waals surface area (Å²) in [5.41, 5.74) is -0.274. The molecule has 8 nitrogen and oxygen atoms in total. The van der Waals surface area contributed by atoms with Crippen molar-refractivity contribution in [1.82, 2.24) is 4.90 Å². The highest BCUT2D eigenvalue weighted by molar-refractivity contribution is 7.99. The van der Waals surface area contributed by atoms with Crippen molar-refractivity contribution in [1.29, 1.82) is 0 Å². The molecule has 1 aromatic carbocycles. The van der Waals surface area contributed by atoms with Gasteiger partial charge in [0.2, 0.25) is 10.0 Å². The van der Waals surface area contributed by atoms with Crippen LogP contribution in [0.3, 0.4) is 0 Å². The van der Waals surface area contributed by atoms with Gasteiger partial charge in [0, 0.05) is 22.8 Å². The van der Waals surface area contributed by atoms with Gasteiger partial charge in [-0.1, -0.05) is 29.5 Å². The number of hydrogen-bond donors (Lipinski definition) is 2. The highest BCUT2D eigenvalue weighted by Gasteiger charge is 2.26. The fourth-order valence-corrected chi connectivity index (χ4v) is 5.07. The lowest BCUT2D eigenvalue weighted by atomic mass is 10.2. The van der Waals surface area contributed by atoms with Crippen LogP contribution >= 0.6 is 23.1 Å². The normalized spacial score (nSPS) is 12.9. The number of benzene rings is 1. The Morgan fingerprint density at radius 3 is 2.56 bits per heavy atom. The second-order valence-corrected chi connectivity index (χ2v) is 10.1. The molecule has 0 aliphatic rings. The summed E-state index contributed by atoms with van der Waals surface area (Å²) in [5.74, 6) is 0.678. The number of nitrogens with one attached hydrogen (secondary N) is 1. The molecule has 148 valence electrons. The number of nitrogens with two attached hydrogens (primary N) is 1. The molecule has 0 aliphatic carbocycles. The van der Waals surface area contributed by atoms with Crippen molar-refractivity contribution >= 4 is 43.8 Å². The van der Waals surface area contributed by atoms with E-state index in [-0.39, 0.29) is 20.9 Å². The van der Waals surface area contributed by atoms with Crippen LogP contribution in [0.4, 0.5) is 10.7 Å². The molecule has 2 rings (SSSR count). The van der Waals surface area contributed by atoms with E-state index < -0.39 is 14.9 Å². The number of nitro groups is 1. The highest BCUT2D eigenvalue weighted by Crippen LogP contribution is 2.37. The van der Waals surface area contributed by atoms with Crippen molar-refractivity contribution in [2.45, 2.75) is 21.6 Å². The number of anilines is 1. The third-order valence-electron chi connectivity index (χ3n) is 3.62. The van der Waals surface area contributed by atoms with Crippen molar-refractivity contribution in [3.63, 3.8) is 0 Å². The summed E-state index contributed by atoms with van der Waals surface area (Å²) in [6, 6.07) is 10.8. The average Bonchev–Trinajstić information content (AvgIpc) is 3.02. The largest absolute Gasteiger partial charge is 0.368 e. The molecule has 1 heterocycles. The van der Waals surface area contributed by atoms with Crippen LogP contribution < -0.4 is 10.5 Å². The van der Waals surface area contributed by atoms with Crippen LogP contribution in [-0.4, -0.2) is 50.7 Å². The van der Waals surface area contributed by atoms with Crippen molar-refractivity contribution in [2.75, 3.05) is 31.7 Å². The minimum absolute atomic E-state index is 0.0803. The van der Waals surface area contributed by atoms with Crippen molar-refractivity contribution in [3.05, 3.63) is 46.5 Å². The number of primary sulfonamides is 1. The number of nitrogens with zero attached hydrogens (tertiary/aromatic N) is 2. The van der Waals surface area contributed by atoms with Gasteiger partial charge >= 0.3 is 5.69 Å². The second kappa shape index (κ2) is 9.51. The topological polar surface area (TPSA) is 119 Å². The monoisotopic (exact) mass is 430 g/mol. The molecule has 0 aliphatic heterocycles. The van der Waals surface area contributed by atoms with Crippen LogP contribution in [0.2, 0.25) is 0 Å². The first-order valence-corrected chi connectivity index (χ1v) is 11.4. The van der Waals surface area contributed by atoms with Gasteiger partial charge in [-0.25, -0.2) is 13.6 Å². The number of thiophene rings is 1. The summed E-state index contributed by atoms with van der Waals surface area (Å²) in [7, 11) is -0.0892. The Morgan fingerprint density at radius 2 is 2.00 bits per heavy atom. The molecule has 1 unspecified atom stereocenters. The van der Waals surface area contributed by atoms with Crippen LogP contribution in [0.15, 0.2) is 45.5 Å². The molecule has 0 saturated heterocycles. The van der Waals surface area contributed by atoms with E-state index in [0.29, 0.717) is 5.75 Å². The molecule has 2 aromatic rings. The fraction of sp³-hybridized carbons (Fsp3) is 0.375. The molecule has 0 spiro atoms. The zero-order valence-corrected chi connectivity index (χ0v) is 17.4. The maximum atomic E-state index is 11.6. The molecule has 1 atom stereocenters. The summed E-state index contributed by atoms with van der Waals surface area (Å²) in [4.78, 5) is 13.8. The van der Waals surface area contributed by atoms with Crippen LogP contribution in [-0.2, 0) is 10.0 Å². The zero-order chi connectivity index (χ0) is 20.0. The SMILES string of the molecule is CN(C)CCC(CSc1ccccc1)Nc1sc(S(N)(=O)=O)cc1[N+](=O)[O-]. The number of sulfonamides is 1. The summed E-state index contributed by atoms with van der Waals surface area (Å²) in [6.45, 7) is 0.786. The molecule has 0 radical (unpaired) electrons. The van der Waals surface area contributed by atoms with Gasteiger partial charge in [0.05, 0.1) is 4.92 Å². The van der Waals surface area contributed by atoms with E-state index in [1.54, 1.807) is 11.8 Å². The Balaban J connectivity index is 2.20. The third kappa shape index (κ3) is 6.78. The van der Waals surface area contributed by atoms with Gasteiger partial charge in [0.25, 0.3) is 0 Å². The Kier molecular flexibility index (Phi) is 7.62. The van der Waals surface area contributed by atoms with E-state index in [1.807, 2.05) is 49.3 Å². The van der Waals surface area contributed by atoms with Gasteiger partial charge in [-0.15, -0.1) is 11.8 Å². The average molecular weight is 431 g/mol. The summed E-state index contributed by atoms with van der Waals surface area (Å²) in [5, 5.41) is 19.8. The maximum Gasteiger partial charge on any atom is 0.304 e. The van der Waals surface area contributed by atoms with Gasteiger partial charge in [0.15, 0.2) is 5.00 Å². The molecule has 1 aromatic heterocycles. The molecular formula is C16H22N4O4S3. The Bertz CT molecular complexity index is 869. The highest BCUT2D eigenvalue weighted by atomic mass is 32.2. The second-order valence-electron chi connectivity index (χ2n) is 6.14. The van der Waals surface area contributed by atoms with Gasteiger partial charge in [-0.05, 0) is 39.2 Å². The molecular weight excluding hydrogens is 408 g/mol. The van der Waals surface area contributed by atoms with E-state index in [1.165, 1.54) is 0 Å². The quantitative estimate of drug-likeness (QED) is 0.338. The van der Waals surface area contributed by atoms with Crippen LogP contribution in [0.5, 0.6) is 0 Å². The number of hydrogen-bond acceptors (Lipinski definition) is 8. The van der Waals surface area contributed by atoms with Crippen molar-refractivity contribution in [2.24, 2.45) is 5.14 Å². The first-order chi connectivity index (χ1) is 12.7. The van der Waals surface area contributed by atoms with Gasteiger partial charge in [-0.3, -0.25) is 10.1 Å². The third-order valence-corrected chi connectivity index (χ3v) is 7.27. The van der Waals surface area contributed by atoms with E-state index in [9.17, 15) is 18.5 Å². The standard InChI is InChI=1S/C16H22N4O4S3/c1-19(2)9-8-12(11-25-13-6-4-3-5-7-13)18-16-14(20(21)22)10-15(26-16)27(17,23)24/h3-7,10,12,18H,8-9,11H2,1-2H3,(H2,17,23,24). The molecule has 27 heavy (non-hydrogen) atoms. The number of thioether (sulfide) groups is 1. The first kappa shape index (κ1) is 21.6.